The van der Waals surface area contributed by atoms with Crippen LogP contribution in [0.4, 0.5) is 23.2 Å². The first-order valence-electron chi connectivity index (χ1n) is 5.74. The third-order valence-corrected chi connectivity index (χ3v) is 3.11. The average molecular weight is 295 g/mol. The fourth-order valence-corrected chi connectivity index (χ4v) is 2.15. The monoisotopic (exact) mass is 295 g/mol. The van der Waals surface area contributed by atoms with E-state index in [0.717, 1.165) is 0 Å². The molecule has 0 fully saturated rings. The van der Waals surface area contributed by atoms with E-state index >= 15 is 0 Å². The van der Waals surface area contributed by atoms with E-state index in [1.807, 2.05) is 0 Å². The smallest absolute Gasteiger partial charge is 0.266 e. The van der Waals surface area contributed by atoms with Gasteiger partial charge in [0.05, 0.1) is 11.1 Å². The quantitative estimate of drug-likeness (QED) is 0.461. The summed E-state index contributed by atoms with van der Waals surface area (Å²) in [6.07, 6.45) is 0. The Balaban J connectivity index is 2.25. The Morgan fingerprint density at radius 2 is 1.19 bits per heavy atom. The highest BCUT2D eigenvalue weighted by molar-refractivity contribution is 6.34. The summed E-state index contributed by atoms with van der Waals surface area (Å²) in [6.45, 7) is 0. The predicted octanol–water partition coefficient (Wildman–Crippen LogP) is 3.04. The number of nitrogens with zero attached hydrogens (tertiary/aromatic N) is 1. The minimum absolute atomic E-state index is 0.00628. The molecule has 3 rings (SSSR count). The molecule has 2 amide bonds. The summed E-state index contributed by atoms with van der Waals surface area (Å²) in [5, 5.41) is 0. The molecule has 106 valence electrons. The first-order valence-corrected chi connectivity index (χ1v) is 5.74. The van der Waals surface area contributed by atoms with Crippen LogP contribution < -0.4 is 4.90 Å². The van der Waals surface area contributed by atoms with E-state index < -0.39 is 40.8 Å². The summed E-state index contributed by atoms with van der Waals surface area (Å²) < 4.78 is 53.9. The molecule has 1 aliphatic rings. The molecule has 2 aromatic carbocycles. The van der Waals surface area contributed by atoms with Gasteiger partial charge in [0.2, 0.25) is 0 Å². The molecule has 1 heterocycles. The Labute approximate surface area is 115 Å². The first-order chi connectivity index (χ1) is 9.93. The van der Waals surface area contributed by atoms with Crippen molar-refractivity contribution in [2.45, 2.75) is 0 Å². The van der Waals surface area contributed by atoms with Crippen molar-refractivity contribution in [2.24, 2.45) is 0 Å². The van der Waals surface area contributed by atoms with Gasteiger partial charge in [-0.2, -0.15) is 0 Å². The fourth-order valence-electron chi connectivity index (χ4n) is 2.15. The van der Waals surface area contributed by atoms with Gasteiger partial charge in [-0.1, -0.05) is 12.1 Å². The van der Waals surface area contributed by atoms with E-state index in [9.17, 15) is 27.2 Å². The largest absolute Gasteiger partial charge is 0.268 e. The maximum atomic E-state index is 13.7. The van der Waals surface area contributed by atoms with Crippen molar-refractivity contribution in [1.82, 2.24) is 0 Å². The molecule has 0 aromatic heterocycles. The van der Waals surface area contributed by atoms with Crippen molar-refractivity contribution in [1.29, 1.82) is 0 Å². The van der Waals surface area contributed by atoms with Crippen LogP contribution in [0, 0.1) is 23.3 Å². The van der Waals surface area contributed by atoms with E-state index in [0.29, 0.717) is 0 Å². The van der Waals surface area contributed by atoms with Gasteiger partial charge >= 0.3 is 0 Å². The van der Waals surface area contributed by atoms with Crippen LogP contribution in [-0.2, 0) is 0 Å². The molecule has 7 heteroatoms. The van der Waals surface area contributed by atoms with Crippen LogP contribution in [0.3, 0.4) is 0 Å². The van der Waals surface area contributed by atoms with Gasteiger partial charge in [0, 0.05) is 6.07 Å². The second-order valence-corrected chi connectivity index (χ2v) is 4.31. The van der Waals surface area contributed by atoms with E-state index in [2.05, 4.69) is 0 Å². The summed E-state index contributed by atoms with van der Waals surface area (Å²) in [7, 11) is 0. The zero-order chi connectivity index (χ0) is 15.3. The standard InChI is InChI=1S/C14H5F4NO2/c15-8-5-9(16)11(18)12(10(8)17)19-13(20)6-3-1-2-4-7(6)14(19)21/h1-5H. The van der Waals surface area contributed by atoms with Crippen molar-refractivity contribution in [2.75, 3.05) is 4.90 Å². The van der Waals surface area contributed by atoms with Crippen molar-refractivity contribution < 1.29 is 27.2 Å². The third-order valence-electron chi connectivity index (χ3n) is 3.11. The van der Waals surface area contributed by atoms with E-state index in [1.165, 1.54) is 24.3 Å². The number of rotatable bonds is 1. The molecule has 0 atom stereocenters. The second-order valence-electron chi connectivity index (χ2n) is 4.31. The SMILES string of the molecule is O=C1c2ccccc2C(=O)N1c1c(F)c(F)cc(F)c1F. The Morgan fingerprint density at radius 1 is 0.762 bits per heavy atom. The lowest BCUT2D eigenvalue weighted by Crippen LogP contribution is -2.31. The molecule has 0 radical (unpaired) electrons. The van der Waals surface area contributed by atoms with Crippen LogP contribution in [0.1, 0.15) is 20.7 Å². The second kappa shape index (κ2) is 4.41. The molecule has 0 unspecified atom stereocenters. The lowest BCUT2D eigenvalue weighted by molar-refractivity contribution is 0.0923. The summed E-state index contributed by atoms with van der Waals surface area (Å²) in [5.41, 5.74) is -1.53. The zero-order valence-corrected chi connectivity index (χ0v) is 10.2. The van der Waals surface area contributed by atoms with Gasteiger partial charge in [-0.3, -0.25) is 9.59 Å². The molecule has 21 heavy (non-hydrogen) atoms. The van der Waals surface area contributed by atoms with Crippen LogP contribution in [0.5, 0.6) is 0 Å². The number of anilines is 1. The molecule has 0 spiro atoms. The van der Waals surface area contributed by atoms with Crippen LogP contribution in [0.25, 0.3) is 0 Å². The van der Waals surface area contributed by atoms with Gasteiger partial charge in [0.15, 0.2) is 23.3 Å². The highest BCUT2D eigenvalue weighted by Gasteiger charge is 2.40. The highest BCUT2D eigenvalue weighted by atomic mass is 19.2. The topological polar surface area (TPSA) is 37.4 Å². The number of carbonyl (C=O) groups excluding carboxylic acids is 2. The number of halogens is 4. The van der Waals surface area contributed by atoms with Gasteiger partial charge < -0.3 is 0 Å². The van der Waals surface area contributed by atoms with E-state index in [4.69, 9.17) is 0 Å². The Morgan fingerprint density at radius 3 is 1.62 bits per heavy atom. The third kappa shape index (κ3) is 1.74. The molecule has 1 aliphatic heterocycles. The number of fused-ring (bicyclic) bond motifs is 1. The molecule has 2 aromatic rings. The average Bonchev–Trinajstić information content (AvgIpc) is 2.71. The normalized spacial score (nSPS) is 13.8. The van der Waals surface area contributed by atoms with Crippen LogP contribution in [0.15, 0.2) is 30.3 Å². The van der Waals surface area contributed by atoms with Crippen molar-refractivity contribution >= 4 is 17.5 Å². The van der Waals surface area contributed by atoms with Crippen LogP contribution in [-0.4, -0.2) is 11.8 Å². The van der Waals surface area contributed by atoms with Crippen LogP contribution >= 0.6 is 0 Å². The number of benzene rings is 2. The van der Waals surface area contributed by atoms with Crippen molar-refractivity contribution in [3.05, 3.63) is 64.7 Å². The Kier molecular flexibility index (Phi) is 2.79. The van der Waals surface area contributed by atoms with Gasteiger partial charge in [0.25, 0.3) is 11.8 Å². The lowest BCUT2D eigenvalue weighted by atomic mass is 10.1. The number of hydrogen-bond acceptors (Lipinski definition) is 2. The minimum Gasteiger partial charge on any atom is -0.268 e. The first kappa shape index (κ1) is 13.3. The van der Waals surface area contributed by atoms with Gasteiger partial charge in [-0.05, 0) is 12.1 Å². The summed E-state index contributed by atoms with van der Waals surface area (Å²) >= 11 is 0. The fraction of sp³-hybridized carbons (Fsp3) is 0. The highest BCUT2D eigenvalue weighted by Crippen LogP contribution is 2.34. The maximum absolute atomic E-state index is 13.7. The number of imide groups is 1. The van der Waals surface area contributed by atoms with Crippen molar-refractivity contribution in [3.63, 3.8) is 0 Å². The molecule has 0 aliphatic carbocycles. The number of hydrogen-bond donors (Lipinski definition) is 0. The Bertz CT molecular complexity index is 743. The lowest BCUT2D eigenvalue weighted by Gasteiger charge is -2.16. The molecular formula is C14H5F4NO2. The minimum atomic E-state index is -1.80. The molecule has 0 saturated carbocycles. The summed E-state index contributed by atoms with van der Waals surface area (Å²) in [6, 6.07) is 5.47. The van der Waals surface area contributed by atoms with Crippen molar-refractivity contribution in [3.8, 4) is 0 Å². The molecule has 0 N–H and O–H groups in total. The molecule has 0 saturated heterocycles. The number of amides is 2. The zero-order valence-electron chi connectivity index (χ0n) is 10.2. The molecular weight excluding hydrogens is 290 g/mol. The van der Waals surface area contributed by atoms with Crippen LogP contribution in [0.2, 0.25) is 0 Å². The Hall–Kier alpha value is -2.70. The van der Waals surface area contributed by atoms with Gasteiger partial charge in [-0.15, -0.1) is 0 Å². The maximum Gasteiger partial charge on any atom is 0.266 e. The van der Waals surface area contributed by atoms with Gasteiger partial charge in [0.1, 0.15) is 5.69 Å². The molecule has 3 nitrogen and oxygen atoms in total. The van der Waals surface area contributed by atoms with E-state index in [-0.39, 0.29) is 22.1 Å². The summed E-state index contributed by atoms with van der Waals surface area (Å²) in [5.74, 6) is -9.08. The molecule has 0 bridgehead atoms. The predicted molar refractivity (Wildman–Crippen MR) is 63.9 cm³/mol. The number of carbonyl (C=O) groups is 2. The summed E-state index contributed by atoms with van der Waals surface area (Å²) in [4.78, 5) is 24.2. The van der Waals surface area contributed by atoms with Gasteiger partial charge in [-0.25, -0.2) is 22.5 Å². The van der Waals surface area contributed by atoms with E-state index in [1.54, 1.807) is 0 Å².